The van der Waals surface area contributed by atoms with Gasteiger partial charge in [0, 0.05) is 6.54 Å². The number of aliphatic carboxylic acids is 1. The van der Waals surface area contributed by atoms with Crippen molar-refractivity contribution in [2.45, 2.75) is 32.5 Å². The number of amides is 2. The van der Waals surface area contributed by atoms with Crippen molar-refractivity contribution < 1.29 is 27.9 Å². The molecule has 5 nitrogen and oxygen atoms in total. The number of nitrogens with one attached hydrogen (secondary N) is 2. The Morgan fingerprint density at radius 3 is 2.18 bits per heavy atom. The van der Waals surface area contributed by atoms with Gasteiger partial charge in [0.1, 0.15) is 6.04 Å². The predicted molar refractivity (Wildman–Crippen MR) is 53.5 cm³/mol. The fourth-order valence-corrected chi connectivity index (χ4v) is 1.02. The molecule has 0 bridgehead atoms. The highest BCUT2D eigenvalue weighted by molar-refractivity contribution is 5.82. The van der Waals surface area contributed by atoms with Crippen LogP contribution in [-0.2, 0) is 4.79 Å². The lowest BCUT2D eigenvalue weighted by Gasteiger charge is -2.18. The van der Waals surface area contributed by atoms with Crippen molar-refractivity contribution >= 4 is 12.0 Å². The second-order valence-corrected chi connectivity index (χ2v) is 3.83. The first kappa shape index (κ1) is 15.5. The van der Waals surface area contributed by atoms with E-state index in [9.17, 15) is 22.8 Å². The highest BCUT2D eigenvalue weighted by atomic mass is 19.4. The summed E-state index contributed by atoms with van der Waals surface area (Å²) >= 11 is 0. The Kier molecular flexibility index (Phi) is 5.77. The zero-order valence-corrected chi connectivity index (χ0v) is 9.47. The number of carboxylic acid groups (broad SMARTS) is 1. The van der Waals surface area contributed by atoms with Crippen LogP contribution in [0.25, 0.3) is 0 Å². The third-order valence-corrected chi connectivity index (χ3v) is 1.91. The lowest BCUT2D eigenvalue weighted by molar-refractivity contribution is -0.140. The van der Waals surface area contributed by atoms with Gasteiger partial charge in [0.2, 0.25) is 0 Å². The van der Waals surface area contributed by atoms with Crippen molar-refractivity contribution in [3.8, 4) is 0 Å². The smallest absolute Gasteiger partial charge is 0.390 e. The van der Waals surface area contributed by atoms with Gasteiger partial charge in [-0.25, -0.2) is 9.59 Å². The average Bonchev–Trinajstić information content (AvgIpc) is 2.10. The fraction of sp³-hybridized carbons (Fsp3) is 0.778. The average molecular weight is 256 g/mol. The van der Waals surface area contributed by atoms with Crippen LogP contribution in [0, 0.1) is 5.92 Å². The van der Waals surface area contributed by atoms with E-state index in [1.807, 2.05) is 5.32 Å². The van der Waals surface area contributed by atoms with E-state index in [4.69, 9.17) is 5.11 Å². The summed E-state index contributed by atoms with van der Waals surface area (Å²) in [4.78, 5) is 21.8. The molecular formula is C9H15F3N2O3. The minimum absolute atomic E-state index is 0.360. The van der Waals surface area contributed by atoms with Crippen LogP contribution < -0.4 is 10.6 Å². The molecule has 0 aliphatic heterocycles. The Morgan fingerprint density at radius 1 is 1.29 bits per heavy atom. The number of rotatable bonds is 5. The maximum atomic E-state index is 11.8. The molecule has 0 fully saturated rings. The number of alkyl halides is 3. The van der Waals surface area contributed by atoms with E-state index in [0.717, 1.165) is 0 Å². The summed E-state index contributed by atoms with van der Waals surface area (Å²) in [5.74, 6) is -1.59. The molecule has 0 heterocycles. The van der Waals surface area contributed by atoms with E-state index < -0.39 is 37.2 Å². The molecule has 0 rings (SSSR count). The Morgan fingerprint density at radius 2 is 1.82 bits per heavy atom. The zero-order chi connectivity index (χ0) is 13.6. The van der Waals surface area contributed by atoms with E-state index in [0.29, 0.717) is 0 Å². The topological polar surface area (TPSA) is 78.4 Å². The van der Waals surface area contributed by atoms with E-state index in [1.54, 1.807) is 13.8 Å². The van der Waals surface area contributed by atoms with Gasteiger partial charge in [-0.1, -0.05) is 13.8 Å². The normalized spacial score (nSPS) is 13.3. The third kappa shape index (κ3) is 7.42. The van der Waals surface area contributed by atoms with Crippen molar-refractivity contribution in [2.75, 3.05) is 6.54 Å². The summed E-state index contributed by atoms with van der Waals surface area (Å²) in [6.45, 7) is 2.57. The molecule has 0 saturated carbocycles. The first-order chi connectivity index (χ1) is 7.63. The zero-order valence-electron chi connectivity index (χ0n) is 9.47. The van der Waals surface area contributed by atoms with Gasteiger partial charge in [0.15, 0.2) is 0 Å². The van der Waals surface area contributed by atoms with Gasteiger partial charge in [-0.3, -0.25) is 0 Å². The Bertz CT molecular complexity index is 279. The number of hydrogen-bond donors (Lipinski definition) is 3. The molecule has 2 amide bonds. The molecule has 0 aromatic rings. The molecule has 100 valence electrons. The summed E-state index contributed by atoms with van der Waals surface area (Å²) in [6, 6.07) is -2.05. The summed E-state index contributed by atoms with van der Waals surface area (Å²) < 4.78 is 35.3. The van der Waals surface area contributed by atoms with Gasteiger partial charge in [0.05, 0.1) is 6.42 Å². The molecule has 0 unspecified atom stereocenters. The predicted octanol–water partition coefficient (Wildman–Crippen LogP) is 1.35. The van der Waals surface area contributed by atoms with E-state index in [2.05, 4.69) is 5.32 Å². The summed E-state index contributed by atoms with van der Waals surface area (Å²) in [6.07, 6.45) is -5.50. The molecule has 8 heteroatoms. The van der Waals surface area contributed by atoms with Crippen molar-refractivity contribution in [1.29, 1.82) is 0 Å². The highest BCUT2D eigenvalue weighted by Gasteiger charge is 2.27. The van der Waals surface area contributed by atoms with Crippen molar-refractivity contribution in [3.63, 3.8) is 0 Å². The standard InChI is InChI=1S/C9H15F3N2O3/c1-5(2)6(7(15)16)14-8(17)13-4-3-9(10,11)12/h5-6H,3-4H2,1-2H3,(H,15,16)(H2,13,14,17)/t6-/m1/s1. The van der Waals surface area contributed by atoms with Crippen LogP contribution in [-0.4, -0.2) is 35.9 Å². The molecule has 0 spiro atoms. The summed E-state index contributed by atoms with van der Waals surface area (Å²) in [5.41, 5.74) is 0. The molecule has 0 aromatic heterocycles. The van der Waals surface area contributed by atoms with E-state index >= 15 is 0 Å². The van der Waals surface area contributed by atoms with Crippen LogP contribution in [0.15, 0.2) is 0 Å². The lowest BCUT2D eigenvalue weighted by atomic mass is 10.1. The van der Waals surface area contributed by atoms with E-state index in [-0.39, 0.29) is 5.92 Å². The van der Waals surface area contributed by atoms with Crippen molar-refractivity contribution in [1.82, 2.24) is 10.6 Å². The number of hydrogen-bond acceptors (Lipinski definition) is 2. The Hall–Kier alpha value is -1.47. The quantitative estimate of drug-likeness (QED) is 0.694. The molecule has 0 aliphatic carbocycles. The Balaban J connectivity index is 4.04. The SMILES string of the molecule is CC(C)[C@@H](NC(=O)NCCC(F)(F)F)C(=O)O. The Labute approximate surface area is 96.4 Å². The molecule has 0 aromatic carbocycles. The molecule has 0 saturated heterocycles. The van der Waals surface area contributed by atoms with Gasteiger partial charge in [-0.2, -0.15) is 13.2 Å². The first-order valence-electron chi connectivity index (χ1n) is 4.97. The van der Waals surface area contributed by atoms with Crippen molar-refractivity contribution in [2.24, 2.45) is 5.92 Å². The van der Waals surface area contributed by atoms with Gasteiger partial charge in [-0.05, 0) is 5.92 Å². The van der Waals surface area contributed by atoms with Crippen LogP contribution in [0.3, 0.4) is 0 Å². The van der Waals surface area contributed by atoms with Gasteiger partial charge < -0.3 is 15.7 Å². The third-order valence-electron chi connectivity index (χ3n) is 1.91. The molecule has 3 N–H and O–H groups in total. The number of urea groups is 1. The monoisotopic (exact) mass is 256 g/mol. The van der Waals surface area contributed by atoms with Crippen LogP contribution >= 0.6 is 0 Å². The van der Waals surface area contributed by atoms with Gasteiger partial charge in [0.25, 0.3) is 0 Å². The van der Waals surface area contributed by atoms with Crippen LogP contribution in [0.5, 0.6) is 0 Å². The minimum Gasteiger partial charge on any atom is -0.480 e. The van der Waals surface area contributed by atoms with Crippen LogP contribution in [0.1, 0.15) is 20.3 Å². The number of carbonyl (C=O) groups is 2. The van der Waals surface area contributed by atoms with Gasteiger partial charge >= 0.3 is 18.2 Å². The van der Waals surface area contributed by atoms with Crippen LogP contribution in [0.4, 0.5) is 18.0 Å². The molecular weight excluding hydrogens is 241 g/mol. The molecule has 0 radical (unpaired) electrons. The fourth-order valence-electron chi connectivity index (χ4n) is 1.02. The largest absolute Gasteiger partial charge is 0.480 e. The first-order valence-corrected chi connectivity index (χ1v) is 4.97. The lowest BCUT2D eigenvalue weighted by Crippen LogP contribution is -2.49. The molecule has 1 atom stereocenters. The molecule has 17 heavy (non-hydrogen) atoms. The highest BCUT2D eigenvalue weighted by Crippen LogP contribution is 2.18. The van der Waals surface area contributed by atoms with Crippen molar-refractivity contribution in [3.05, 3.63) is 0 Å². The minimum atomic E-state index is -4.35. The molecule has 0 aliphatic rings. The number of carbonyl (C=O) groups excluding carboxylic acids is 1. The summed E-state index contributed by atoms with van der Waals surface area (Å²) in [5, 5.41) is 12.8. The maximum absolute atomic E-state index is 11.8. The summed E-state index contributed by atoms with van der Waals surface area (Å²) in [7, 11) is 0. The number of carboxylic acids is 1. The van der Waals surface area contributed by atoms with E-state index in [1.165, 1.54) is 0 Å². The van der Waals surface area contributed by atoms with Crippen LogP contribution in [0.2, 0.25) is 0 Å². The maximum Gasteiger partial charge on any atom is 0.390 e. The van der Waals surface area contributed by atoms with Gasteiger partial charge in [-0.15, -0.1) is 0 Å². The number of halogens is 3. The second-order valence-electron chi connectivity index (χ2n) is 3.83. The second kappa shape index (κ2) is 6.31.